The number of para-hydroxylation sites is 1. The molecule has 0 atom stereocenters. The van der Waals surface area contributed by atoms with Crippen LogP contribution >= 0.6 is 0 Å². The molecule has 11 rings (SSSR count). The molecule has 7 aromatic carbocycles. The second-order valence-electron chi connectivity index (χ2n) is 21.9. The fraction of sp³-hybridized carbons (Fsp3) is 0.265. The zero-order chi connectivity index (χ0) is 51.0. The van der Waals surface area contributed by atoms with E-state index in [1.54, 1.807) is 0 Å². The first-order chi connectivity index (χ1) is 35.2. The Balaban J connectivity index is 0.00000626. The molecule has 0 aliphatic carbocycles. The minimum atomic E-state index is 0. The van der Waals surface area contributed by atoms with Crippen molar-refractivity contribution in [3.63, 3.8) is 0 Å². The topological polar surface area (TPSA) is 44.3 Å². The predicted octanol–water partition coefficient (Wildman–Crippen LogP) is 19.3. The smallest absolute Gasteiger partial charge is 0.503 e. The molecule has 5 nitrogen and oxygen atoms in total. The van der Waals surface area contributed by atoms with Gasteiger partial charge in [0.25, 0.3) is 0 Å². The van der Waals surface area contributed by atoms with Crippen LogP contribution in [0, 0.1) is 12.1 Å². The number of aromatic nitrogens is 4. The van der Waals surface area contributed by atoms with E-state index in [0.717, 1.165) is 60.6 Å². The molecule has 4 aromatic heterocycles. The van der Waals surface area contributed by atoms with Crippen molar-refractivity contribution in [2.45, 2.75) is 119 Å². The van der Waals surface area contributed by atoms with Crippen molar-refractivity contribution < 1.29 is 25.8 Å². The molecule has 11 aromatic rings. The standard InChI is InChI=1S/C68H66N4O.Pt/c1-39(2)48-21-17-22-49(40(3)4)64(48)45-34-57-54-31-29-46(73-47-30-32-56-55-20-13-14-27-60(55)71(61(56)37-47)63-28-15-16-33-69-63)36-58(54)68-70-38-62(66-52(43(9)10)25-19-26-53(66)44(11)12)72(68)67(57)59(35-45)65-50(41(5)6)23-18-24-51(65)42(7)8;/h13-35,38-44H,1-12H3;/q-2;+2. The summed E-state index contributed by atoms with van der Waals surface area (Å²) in [5.41, 5.74) is 19.4. The Morgan fingerprint density at radius 1 is 0.459 bits per heavy atom. The van der Waals surface area contributed by atoms with Crippen molar-refractivity contribution in [2.24, 2.45) is 0 Å². The molecule has 0 N–H and O–H groups in total. The summed E-state index contributed by atoms with van der Waals surface area (Å²) in [6.07, 6.45) is 3.96. The van der Waals surface area contributed by atoms with E-state index in [2.05, 4.69) is 220 Å². The SMILES string of the molecule is CC(C)c1cccc(C(C)C)c1-c1cc(-c2c(C(C)C)cccc2C(C)C)c2c(c1)c1ccc(Oc3[c-]c4c(cc3)c3ccccc3n4-c3ccccn3)[c-]c1c1ncc(-c3c(C(C)C)cccc3C(C)C)n12.[Pt+2]. The molecule has 0 spiro atoms. The summed E-state index contributed by atoms with van der Waals surface area (Å²) in [6.45, 7) is 27.9. The summed E-state index contributed by atoms with van der Waals surface area (Å²) < 4.78 is 11.6. The summed E-state index contributed by atoms with van der Waals surface area (Å²) in [4.78, 5) is 10.3. The Morgan fingerprint density at radius 3 is 1.55 bits per heavy atom. The number of ether oxygens (including phenoxy) is 1. The Labute approximate surface area is 451 Å². The average molecular weight is 1150 g/mol. The summed E-state index contributed by atoms with van der Waals surface area (Å²) in [5.74, 6) is 3.78. The molecule has 0 saturated carbocycles. The van der Waals surface area contributed by atoms with E-state index in [1.165, 1.54) is 61.2 Å². The van der Waals surface area contributed by atoms with Crippen LogP contribution in [0.4, 0.5) is 0 Å². The number of rotatable bonds is 12. The molecule has 0 saturated heterocycles. The predicted molar refractivity (Wildman–Crippen MR) is 307 cm³/mol. The maximum absolute atomic E-state index is 6.91. The van der Waals surface area contributed by atoms with Crippen LogP contribution in [0.2, 0.25) is 0 Å². The van der Waals surface area contributed by atoms with Gasteiger partial charge in [0, 0.05) is 46.1 Å². The quantitative estimate of drug-likeness (QED) is 0.0904. The monoisotopic (exact) mass is 1150 g/mol. The van der Waals surface area contributed by atoms with E-state index < -0.39 is 0 Å². The molecule has 0 aliphatic rings. The Kier molecular flexibility index (Phi) is 13.8. The first kappa shape index (κ1) is 50.7. The van der Waals surface area contributed by atoms with E-state index >= 15 is 0 Å². The molecular weight excluding hydrogens is 1080 g/mol. The molecule has 0 aliphatic heterocycles. The second-order valence-corrected chi connectivity index (χ2v) is 21.9. The number of imidazole rings is 1. The van der Waals surface area contributed by atoms with Gasteiger partial charge in [0.1, 0.15) is 5.82 Å². The van der Waals surface area contributed by atoms with Gasteiger partial charge in [-0.2, -0.15) is 6.07 Å². The molecular formula is C68H66N4OPt. The zero-order valence-corrected chi connectivity index (χ0v) is 47.1. The number of fused-ring (bicyclic) bond motifs is 9. The molecule has 6 heteroatoms. The van der Waals surface area contributed by atoms with E-state index in [4.69, 9.17) is 14.7 Å². The number of nitrogens with zero attached hydrogens (tertiary/aromatic N) is 4. The van der Waals surface area contributed by atoms with E-state index in [1.807, 2.05) is 30.5 Å². The van der Waals surface area contributed by atoms with Gasteiger partial charge < -0.3 is 13.7 Å². The van der Waals surface area contributed by atoms with Crippen LogP contribution in [0.1, 0.15) is 152 Å². The molecule has 74 heavy (non-hydrogen) atoms. The van der Waals surface area contributed by atoms with E-state index in [-0.39, 0.29) is 44.7 Å². The minimum absolute atomic E-state index is 0. The maximum Gasteiger partial charge on any atom is 2.00 e. The largest absolute Gasteiger partial charge is 2.00 e. The van der Waals surface area contributed by atoms with Gasteiger partial charge in [-0.1, -0.05) is 190 Å². The van der Waals surface area contributed by atoms with Gasteiger partial charge in [-0.05, 0) is 121 Å². The Bertz CT molecular complexity index is 3830. The molecule has 0 radical (unpaired) electrons. The van der Waals surface area contributed by atoms with Crippen LogP contribution in [0.3, 0.4) is 0 Å². The van der Waals surface area contributed by atoms with Gasteiger partial charge in [-0.3, -0.25) is 4.98 Å². The molecule has 0 unspecified atom stereocenters. The van der Waals surface area contributed by atoms with Gasteiger partial charge >= 0.3 is 21.1 Å². The number of hydrogen-bond acceptors (Lipinski definition) is 3. The van der Waals surface area contributed by atoms with Crippen molar-refractivity contribution >= 4 is 49.1 Å². The van der Waals surface area contributed by atoms with Gasteiger partial charge in [0.15, 0.2) is 0 Å². The summed E-state index contributed by atoms with van der Waals surface area (Å²) in [6, 6.07) is 56.2. The van der Waals surface area contributed by atoms with Gasteiger partial charge in [0.2, 0.25) is 0 Å². The molecule has 374 valence electrons. The summed E-state index contributed by atoms with van der Waals surface area (Å²) in [5, 5.41) is 5.35. The van der Waals surface area contributed by atoms with E-state index in [0.29, 0.717) is 23.3 Å². The van der Waals surface area contributed by atoms with Crippen LogP contribution in [-0.4, -0.2) is 18.9 Å². The Morgan fingerprint density at radius 2 is 0.986 bits per heavy atom. The van der Waals surface area contributed by atoms with Crippen LogP contribution in [-0.2, 0) is 21.1 Å². The number of pyridine rings is 2. The van der Waals surface area contributed by atoms with Gasteiger partial charge in [0.05, 0.1) is 11.3 Å². The number of benzene rings is 7. The number of hydrogen-bond donors (Lipinski definition) is 0. The van der Waals surface area contributed by atoms with Crippen LogP contribution in [0.25, 0.3) is 88.5 Å². The van der Waals surface area contributed by atoms with Crippen molar-refractivity contribution in [2.75, 3.05) is 0 Å². The first-order valence-electron chi connectivity index (χ1n) is 26.5. The van der Waals surface area contributed by atoms with E-state index in [9.17, 15) is 0 Å². The maximum atomic E-state index is 6.91. The van der Waals surface area contributed by atoms with Crippen molar-refractivity contribution in [3.8, 4) is 50.8 Å². The van der Waals surface area contributed by atoms with Gasteiger partial charge in [-0.15, -0.1) is 29.7 Å². The fourth-order valence-corrected chi connectivity index (χ4v) is 11.7. The molecule has 0 amide bonds. The first-order valence-corrected chi connectivity index (χ1v) is 26.5. The van der Waals surface area contributed by atoms with Crippen molar-refractivity contribution in [1.82, 2.24) is 18.9 Å². The third-order valence-electron chi connectivity index (χ3n) is 15.1. The molecule has 0 fully saturated rings. The normalized spacial score (nSPS) is 12.1. The van der Waals surface area contributed by atoms with Crippen LogP contribution < -0.4 is 4.74 Å². The second kappa shape index (κ2) is 20.1. The molecule has 0 bridgehead atoms. The Hall–Kier alpha value is -6.81. The summed E-state index contributed by atoms with van der Waals surface area (Å²) in [7, 11) is 0. The summed E-state index contributed by atoms with van der Waals surface area (Å²) >= 11 is 0. The average Bonchev–Trinajstić information content (AvgIpc) is 3.99. The third kappa shape index (κ3) is 8.55. The van der Waals surface area contributed by atoms with Crippen LogP contribution in [0.5, 0.6) is 11.5 Å². The van der Waals surface area contributed by atoms with Gasteiger partial charge in [-0.25, -0.2) is 4.98 Å². The van der Waals surface area contributed by atoms with Crippen molar-refractivity contribution in [1.29, 1.82) is 0 Å². The fourth-order valence-electron chi connectivity index (χ4n) is 11.7. The third-order valence-corrected chi connectivity index (χ3v) is 15.1. The molecule has 4 heterocycles. The van der Waals surface area contributed by atoms with Crippen LogP contribution in [0.15, 0.2) is 146 Å². The van der Waals surface area contributed by atoms with Crippen molar-refractivity contribution in [3.05, 3.63) is 191 Å². The zero-order valence-electron chi connectivity index (χ0n) is 44.8. The minimum Gasteiger partial charge on any atom is -0.503 e.